The maximum Gasteiger partial charge on any atom is 0.213 e. The van der Waals surface area contributed by atoms with Crippen LogP contribution in [0.25, 0.3) is 0 Å². The summed E-state index contributed by atoms with van der Waals surface area (Å²) in [4.78, 5) is 4.20. The molecule has 0 radical (unpaired) electrons. The number of pyridine rings is 1. The second-order valence-electron chi connectivity index (χ2n) is 4.49. The molecule has 1 heterocycles. The molecular formula is C13H19NO. The third-order valence-electron chi connectivity index (χ3n) is 3.08. The van der Waals surface area contributed by atoms with E-state index >= 15 is 0 Å². The molecule has 82 valence electrons. The maximum atomic E-state index is 5.72. The van der Waals surface area contributed by atoms with Gasteiger partial charge in [0.15, 0.2) is 0 Å². The van der Waals surface area contributed by atoms with Crippen LogP contribution in [0.4, 0.5) is 0 Å². The molecule has 0 aliphatic heterocycles. The molecule has 2 rings (SSSR count). The molecule has 1 fully saturated rings. The van der Waals surface area contributed by atoms with Crippen LogP contribution in [-0.4, -0.2) is 11.6 Å². The molecule has 0 atom stereocenters. The number of hydrogen-bond donors (Lipinski definition) is 0. The summed E-state index contributed by atoms with van der Waals surface area (Å²) in [6, 6.07) is 4.00. The summed E-state index contributed by atoms with van der Waals surface area (Å²) >= 11 is 0. The zero-order valence-electron chi connectivity index (χ0n) is 9.41. The highest BCUT2D eigenvalue weighted by atomic mass is 16.5. The molecule has 15 heavy (non-hydrogen) atoms. The van der Waals surface area contributed by atoms with Gasteiger partial charge < -0.3 is 4.74 Å². The van der Waals surface area contributed by atoms with Crippen molar-refractivity contribution in [2.24, 2.45) is 5.92 Å². The van der Waals surface area contributed by atoms with Crippen molar-refractivity contribution in [2.75, 3.05) is 6.61 Å². The van der Waals surface area contributed by atoms with E-state index in [9.17, 15) is 0 Å². The first-order valence-corrected chi connectivity index (χ1v) is 5.90. The Morgan fingerprint density at radius 3 is 2.87 bits per heavy atom. The van der Waals surface area contributed by atoms with E-state index in [-0.39, 0.29) is 0 Å². The van der Waals surface area contributed by atoms with Gasteiger partial charge in [-0.1, -0.05) is 19.3 Å². The van der Waals surface area contributed by atoms with Crippen LogP contribution in [0.2, 0.25) is 0 Å². The Kier molecular flexibility index (Phi) is 3.59. The van der Waals surface area contributed by atoms with Crippen LogP contribution in [0.5, 0.6) is 5.88 Å². The second-order valence-corrected chi connectivity index (χ2v) is 4.49. The molecule has 0 bridgehead atoms. The van der Waals surface area contributed by atoms with Gasteiger partial charge in [-0.3, -0.25) is 0 Å². The fourth-order valence-corrected chi connectivity index (χ4v) is 2.14. The predicted molar refractivity (Wildman–Crippen MR) is 61.0 cm³/mol. The minimum absolute atomic E-state index is 0.751. The van der Waals surface area contributed by atoms with Gasteiger partial charge in [0.25, 0.3) is 0 Å². The van der Waals surface area contributed by atoms with Gasteiger partial charge in [0.2, 0.25) is 5.88 Å². The lowest BCUT2D eigenvalue weighted by molar-refractivity contribution is 0.203. The van der Waals surface area contributed by atoms with E-state index in [2.05, 4.69) is 11.9 Å². The average Bonchev–Trinajstić information content (AvgIpc) is 2.28. The molecule has 1 aromatic heterocycles. The van der Waals surface area contributed by atoms with Crippen LogP contribution in [0.3, 0.4) is 0 Å². The highest BCUT2D eigenvalue weighted by Gasteiger charge is 2.13. The normalized spacial score (nSPS) is 17.7. The number of rotatable bonds is 3. The third kappa shape index (κ3) is 3.22. The summed E-state index contributed by atoms with van der Waals surface area (Å²) in [6.07, 6.45) is 8.60. The standard InChI is InChI=1S/C13H19NO/c1-11-7-8-14-13(9-11)15-10-12-5-3-2-4-6-12/h7-9,12H,2-6,10H2,1H3. The van der Waals surface area contributed by atoms with Gasteiger partial charge in [0.05, 0.1) is 6.61 Å². The molecule has 1 aliphatic carbocycles. The Balaban J connectivity index is 1.81. The third-order valence-corrected chi connectivity index (χ3v) is 3.08. The van der Waals surface area contributed by atoms with Crippen molar-refractivity contribution in [3.63, 3.8) is 0 Å². The Bertz CT molecular complexity index is 305. The Morgan fingerprint density at radius 1 is 1.33 bits per heavy atom. The molecule has 1 aromatic rings. The largest absolute Gasteiger partial charge is 0.477 e. The van der Waals surface area contributed by atoms with E-state index in [1.807, 2.05) is 18.3 Å². The van der Waals surface area contributed by atoms with Gasteiger partial charge in [-0.05, 0) is 37.3 Å². The number of aromatic nitrogens is 1. The Hall–Kier alpha value is -1.05. The lowest BCUT2D eigenvalue weighted by Gasteiger charge is -2.21. The first-order valence-electron chi connectivity index (χ1n) is 5.90. The van der Waals surface area contributed by atoms with E-state index in [4.69, 9.17) is 4.74 Å². The Labute approximate surface area is 91.7 Å². The van der Waals surface area contributed by atoms with Crippen molar-refractivity contribution >= 4 is 0 Å². The first-order chi connectivity index (χ1) is 7.34. The van der Waals surface area contributed by atoms with E-state index in [0.29, 0.717) is 0 Å². The van der Waals surface area contributed by atoms with Crippen LogP contribution < -0.4 is 4.74 Å². The fourth-order valence-electron chi connectivity index (χ4n) is 2.14. The number of nitrogens with zero attached hydrogens (tertiary/aromatic N) is 1. The fraction of sp³-hybridized carbons (Fsp3) is 0.615. The van der Waals surface area contributed by atoms with E-state index in [1.54, 1.807) is 0 Å². The molecule has 2 nitrogen and oxygen atoms in total. The highest BCUT2D eigenvalue weighted by molar-refractivity contribution is 5.18. The number of aryl methyl sites for hydroxylation is 1. The summed E-state index contributed by atoms with van der Waals surface area (Å²) in [7, 11) is 0. The van der Waals surface area contributed by atoms with E-state index in [1.165, 1.54) is 37.7 Å². The highest BCUT2D eigenvalue weighted by Crippen LogP contribution is 2.24. The molecule has 0 amide bonds. The summed E-state index contributed by atoms with van der Waals surface area (Å²) in [6.45, 7) is 2.91. The average molecular weight is 205 g/mol. The minimum atomic E-state index is 0.751. The molecule has 0 saturated heterocycles. The molecule has 0 spiro atoms. The Morgan fingerprint density at radius 2 is 2.13 bits per heavy atom. The summed E-state index contributed by atoms with van der Waals surface area (Å²) in [5, 5.41) is 0. The maximum absolute atomic E-state index is 5.72. The van der Waals surface area contributed by atoms with Crippen LogP contribution in [0, 0.1) is 12.8 Å². The molecule has 1 saturated carbocycles. The van der Waals surface area contributed by atoms with Crippen LogP contribution in [0.15, 0.2) is 18.3 Å². The molecule has 0 unspecified atom stereocenters. The lowest BCUT2D eigenvalue weighted by Crippen LogP contribution is -2.15. The summed E-state index contributed by atoms with van der Waals surface area (Å²) in [5.41, 5.74) is 1.21. The van der Waals surface area contributed by atoms with Crippen molar-refractivity contribution in [3.8, 4) is 5.88 Å². The van der Waals surface area contributed by atoms with Gasteiger partial charge >= 0.3 is 0 Å². The number of ether oxygens (including phenoxy) is 1. The molecule has 0 aromatic carbocycles. The summed E-state index contributed by atoms with van der Waals surface area (Å²) < 4.78 is 5.72. The van der Waals surface area contributed by atoms with E-state index in [0.717, 1.165) is 18.4 Å². The van der Waals surface area contributed by atoms with E-state index < -0.39 is 0 Å². The first kappa shape index (κ1) is 10.5. The minimum Gasteiger partial charge on any atom is -0.477 e. The van der Waals surface area contributed by atoms with Crippen molar-refractivity contribution in [2.45, 2.75) is 39.0 Å². The molecule has 0 N–H and O–H groups in total. The quantitative estimate of drug-likeness (QED) is 0.755. The molecule has 2 heteroatoms. The monoisotopic (exact) mass is 205 g/mol. The zero-order valence-corrected chi connectivity index (χ0v) is 9.41. The van der Waals surface area contributed by atoms with Crippen molar-refractivity contribution < 1.29 is 4.74 Å². The smallest absolute Gasteiger partial charge is 0.213 e. The zero-order chi connectivity index (χ0) is 10.5. The van der Waals surface area contributed by atoms with Gasteiger partial charge in [-0.25, -0.2) is 4.98 Å². The van der Waals surface area contributed by atoms with Gasteiger partial charge in [0, 0.05) is 12.3 Å². The predicted octanol–water partition coefficient (Wildman–Crippen LogP) is 3.35. The van der Waals surface area contributed by atoms with Crippen molar-refractivity contribution in [1.29, 1.82) is 0 Å². The summed E-state index contributed by atoms with van der Waals surface area (Å²) in [5.74, 6) is 1.53. The van der Waals surface area contributed by atoms with Crippen LogP contribution >= 0.6 is 0 Å². The van der Waals surface area contributed by atoms with Crippen molar-refractivity contribution in [1.82, 2.24) is 4.98 Å². The topological polar surface area (TPSA) is 22.1 Å². The van der Waals surface area contributed by atoms with Gasteiger partial charge in [-0.2, -0.15) is 0 Å². The van der Waals surface area contributed by atoms with Crippen LogP contribution in [-0.2, 0) is 0 Å². The van der Waals surface area contributed by atoms with Gasteiger partial charge in [0.1, 0.15) is 0 Å². The van der Waals surface area contributed by atoms with Crippen LogP contribution in [0.1, 0.15) is 37.7 Å². The molecule has 1 aliphatic rings. The van der Waals surface area contributed by atoms with Gasteiger partial charge in [-0.15, -0.1) is 0 Å². The lowest BCUT2D eigenvalue weighted by atomic mass is 9.90. The molecular weight excluding hydrogens is 186 g/mol. The van der Waals surface area contributed by atoms with Crippen molar-refractivity contribution in [3.05, 3.63) is 23.9 Å². The number of hydrogen-bond acceptors (Lipinski definition) is 2. The second kappa shape index (κ2) is 5.15. The SMILES string of the molecule is Cc1ccnc(OCC2CCCCC2)c1.